The van der Waals surface area contributed by atoms with E-state index in [1.165, 1.54) is 30.7 Å². The summed E-state index contributed by atoms with van der Waals surface area (Å²) >= 11 is 0. The lowest BCUT2D eigenvalue weighted by atomic mass is 9.87. The van der Waals surface area contributed by atoms with Gasteiger partial charge in [0.15, 0.2) is 23.2 Å². The van der Waals surface area contributed by atoms with E-state index in [9.17, 15) is 26.7 Å². The van der Waals surface area contributed by atoms with Gasteiger partial charge in [0.05, 0.1) is 18.2 Å². The number of carbonyl (C=O) groups excluding carboxylic acids is 1. The number of pyridine rings is 2. The smallest absolute Gasteiger partial charge is 0.257 e. The summed E-state index contributed by atoms with van der Waals surface area (Å²) in [7, 11) is 0. The average Bonchev–Trinajstić information content (AvgIpc) is 2.83. The minimum atomic E-state index is -2.90. The molecular weight excluding hydrogens is 471 g/mol. The number of carbonyl (C=O) groups is 1. The maximum Gasteiger partial charge on any atom is 0.257 e. The van der Waals surface area contributed by atoms with Crippen LogP contribution >= 0.6 is 0 Å². The Balaban J connectivity index is 1.39. The van der Waals surface area contributed by atoms with E-state index >= 15 is 0 Å². The number of nitrogens with one attached hydrogen (secondary N) is 1. The number of aromatic nitrogens is 2. The minimum Gasteiger partial charge on any atom is -0.453 e. The van der Waals surface area contributed by atoms with E-state index in [0.29, 0.717) is 17.7 Å². The second-order valence-electron chi connectivity index (χ2n) is 8.18. The lowest BCUT2D eigenvalue weighted by Gasteiger charge is -2.40. The molecule has 3 heterocycles. The normalized spacial score (nSPS) is 18.6. The molecule has 1 aliphatic heterocycles. The van der Waals surface area contributed by atoms with Gasteiger partial charge in [0, 0.05) is 44.0 Å². The van der Waals surface area contributed by atoms with E-state index in [4.69, 9.17) is 4.74 Å². The summed E-state index contributed by atoms with van der Waals surface area (Å²) in [6, 6.07) is 6.05. The molecule has 3 aromatic rings. The average molecular weight is 492 g/mol. The first kappa shape index (κ1) is 24.5. The van der Waals surface area contributed by atoms with Crippen molar-refractivity contribution in [3.8, 4) is 11.5 Å². The van der Waals surface area contributed by atoms with Crippen molar-refractivity contribution in [1.29, 1.82) is 0 Å². The Morgan fingerprint density at radius 1 is 1.11 bits per heavy atom. The number of alkyl halides is 2. The molecule has 0 saturated carbocycles. The van der Waals surface area contributed by atoms with Crippen LogP contribution in [0.25, 0.3) is 0 Å². The summed E-state index contributed by atoms with van der Waals surface area (Å²) in [5.74, 6) is -8.48. The van der Waals surface area contributed by atoms with Gasteiger partial charge in [-0.3, -0.25) is 14.7 Å². The van der Waals surface area contributed by atoms with Crippen molar-refractivity contribution in [2.75, 3.05) is 18.4 Å². The number of ether oxygens (including phenoxy) is 1. The zero-order valence-electron chi connectivity index (χ0n) is 18.5. The third-order valence-corrected chi connectivity index (χ3v) is 5.89. The van der Waals surface area contributed by atoms with Crippen LogP contribution in [0, 0.1) is 17.5 Å². The molecule has 1 aliphatic rings. The van der Waals surface area contributed by atoms with Crippen molar-refractivity contribution < 1.29 is 31.5 Å². The summed E-state index contributed by atoms with van der Waals surface area (Å²) < 4.78 is 74.4. The molecule has 0 bridgehead atoms. The molecule has 1 N–H and O–H groups in total. The van der Waals surface area contributed by atoms with Gasteiger partial charge in [0.2, 0.25) is 5.91 Å². The van der Waals surface area contributed by atoms with Crippen LogP contribution in [-0.4, -0.2) is 45.8 Å². The number of amides is 1. The second kappa shape index (κ2) is 9.95. The van der Waals surface area contributed by atoms with Crippen molar-refractivity contribution in [2.45, 2.75) is 31.2 Å². The molecular formula is C24H21F5N4O2. The van der Waals surface area contributed by atoms with Crippen LogP contribution in [0.2, 0.25) is 0 Å². The number of anilines is 1. The first-order valence-corrected chi connectivity index (χ1v) is 10.7. The Kier molecular flexibility index (Phi) is 6.97. The molecule has 1 aromatic carbocycles. The molecule has 2 aromatic heterocycles. The molecule has 1 saturated heterocycles. The van der Waals surface area contributed by atoms with Crippen LogP contribution in [0.15, 0.2) is 55.0 Å². The van der Waals surface area contributed by atoms with Crippen molar-refractivity contribution in [2.24, 2.45) is 0 Å². The van der Waals surface area contributed by atoms with Crippen LogP contribution in [0.1, 0.15) is 24.8 Å². The van der Waals surface area contributed by atoms with Gasteiger partial charge in [0.25, 0.3) is 5.92 Å². The molecule has 6 nitrogen and oxygen atoms in total. The summed E-state index contributed by atoms with van der Waals surface area (Å²) in [6.07, 6.45) is 3.70. The van der Waals surface area contributed by atoms with Crippen LogP contribution in [0.5, 0.6) is 11.5 Å². The van der Waals surface area contributed by atoms with Crippen LogP contribution in [-0.2, 0) is 4.79 Å². The summed E-state index contributed by atoms with van der Waals surface area (Å²) in [5, 5.41) is 2.60. The van der Waals surface area contributed by atoms with Gasteiger partial charge in [-0.2, -0.15) is 0 Å². The maximum atomic E-state index is 14.6. The number of hydrogen-bond acceptors (Lipinski definition) is 5. The highest BCUT2D eigenvalue weighted by Crippen LogP contribution is 2.40. The van der Waals surface area contributed by atoms with E-state index in [0.717, 1.165) is 0 Å². The van der Waals surface area contributed by atoms with Crippen molar-refractivity contribution >= 4 is 11.7 Å². The van der Waals surface area contributed by atoms with Gasteiger partial charge in [-0.25, -0.2) is 26.9 Å². The largest absolute Gasteiger partial charge is 0.453 e. The fourth-order valence-corrected chi connectivity index (χ4v) is 3.84. The Bertz CT molecular complexity index is 1190. The van der Waals surface area contributed by atoms with Gasteiger partial charge in [-0.1, -0.05) is 0 Å². The lowest BCUT2D eigenvalue weighted by molar-refractivity contribution is -0.125. The molecule has 11 heteroatoms. The highest BCUT2D eigenvalue weighted by atomic mass is 19.3. The SMILES string of the molecule is C[C@@H](C(=O)Nc1ccc(Oc2cc(F)c(F)cc2F)cn1)N1CCC(F)(F)[C@@H](c2ccncc2)C1. The molecule has 1 amide bonds. The number of piperidine rings is 1. The van der Waals surface area contributed by atoms with Crippen molar-refractivity contribution in [3.63, 3.8) is 0 Å². The van der Waals surface area contributed by atoms with Gasteiger partial charge in [-0.15, -0.1) is 0 Å². The predicted molar refractivity (Wildman–Crippen MR) is 117 cm³/mol. The molecule has 1 fully saturated rings. The third-order valence-electron chi connectivity index (χ3n) is 5.89. The topological polar surface area (TPSA) is 67.3 Å². The predicted octanol–water partition coefficient (Wildman–Crippen LogP) is 5.14. The van der Waals surface area contributed by atoms with Gasteiger partial charge >= 0.3 is 0 Å². The zero-order valence-corrected chi connectivity index (χ0v) is 18.5. The molecule has 0 unspecified atom stereocenters. The Hall–Kier alpha value is -3.60. The summed E-state index contributed by atoms with van der Waals surface area (Å²) in [4.78, 5) is 22.3. The fourth-order valence-electron chi connectivity index (χ4n) is 3.84. The highest BCUT2D eigenvalue weighted by molar-refractivity contribution is 5.93. The van der Waals surface area contributed by atoms with Gasteiger partial charge < -0.3 is 10.1 Å². The van der Waals surface area contributed by atoms with Crippen molar-refractivity contribution in [1.82, 2.24) is 14.9 Å². The Labute approximate surface area is 197 Å². The molecule has 184 valence electrons. The molecule has 0 radical (unpaired) electrons. The number of likely N-dealkylation sites (tertiary alicyclic amines) is 1. The second-order valence-corrected chi connectivity index (χ2v) is 8.18. The van der Waals surface area contributed by atoms with E-state index in [-0.39, 0.29) is 31.1 Å². The standard InChI is InChI=1S/C24H21F5N4O2/c1-14(33-9-6-24(28,29)17(13-33)15-4-7-30-8-5-15)23(34)32-22-3-2-16(12-31-22)35-21-11-19(26)18(25)10-20(21)27/h2-5,7-8,10-12,14,17H,6,9,13H2,1H3,(H,31,32,34)/t14-,17+/m0/s1. The van der Waals surface area contributed by atoms with E-state index in [1.54, 1.807) is 24.0 Å². The lowest BCUT2D eigenvalue weighted by Crippen LogP contribution is -2.52. The Morgan fingerprint density at radius 2 is 1.83 bits per heavy atom. The fraction of sp³-hybridized carbons (Fsp3) is 0.292. The molecule has 35 heavy (non-hydrogen) atoms. The molecule has 2 atom stereocenters. The van der Waals surface area contributed by atoms with Gasteiger partial charge in [0.1, 0.15) is 11.6 Å². The van der Waals surface area contributed by atoms with E-state index in [1.807, 2.05) is 0 Å². The number of halogens is 5. The number of nitrogens with zero attached hydrogens (tertiary/aromatic N) is 3. The maximum absolute atomic E-state index is 14.6. The molecule has 0 aliphatic carbocycles. The molecule has 0 spiro atoms. The quantitative estimate of drug-likeness (QED) is 0.382. The first-order chi connectivity index (χ1) is 16.6. The van der Waals surface area contributed by atoms with Gasteiger partial charge in [-0.05, 0) is 36.8 Å². The zero-order chi connectivity index (χ0) is 25.2. The van der Waals surface area contributed by atoms with Crippen LogP contribution in [0.3, 0.4) is 0 Å². The van der Waals surface area contributed by atoms with E-state index < -0.39 is 47.0 Å². The van der Waals surface area contributed by atoms with Crippen molar-refractivity contribution in [3.05, 3.63) is 78.0 Å². The highest BCUT2D eigenvalue weighted by Gasteiger charge is 2.46. The Morgan fingerprint density at radius 3 is 2.51 bits per heavy atom. The number of hydrogen-bond donors (Lipinski definition) is 1. The third kappa shape index (κ3) is 5.56. The first-order valence-electron chi connectivity index (χ1n) is 10.7. The van der Waals surface area contributed by atoms with Crippen LogP contribution in [0.4, 0.5) is 27.8 Å². The molecule has 4 rings (SSSR count). The minimum absolute atomic E-state index is 0.00833. The number of rotatable bonds is 6. The summed E-state index contributed by atoms with van der Waals surface area (Å²) in [5.41, 5.74) is 0.456. The monoisotopic (exact) mass is 492 g/mol. The number of benzene rings is 1. The van der Waals surface area contributed by atoms with Crippen LogP contribution < -0.4 is 10.1 Å². The van der Waals surface area contributed by atoms with E-state index in [2.05, 4.69) is 15.3 Å². The summed E-state index contributed by atoms with van der Waals surface area (Å²) in [6.45, 7) is 1.65.